The van der Waals surface area contributed by atoms with E-state index in [9.17, 15) is 10.1 Å². The molecule has 1 aliphatic heterocycles. The SMILES string of the molecule is CCOc1cc(/C=C2/SC(=NC(C)C)N(C(C)C)C2=O)cc(I)c1OCc1ccccc1C#N. The van der Waals surface area contributed by atoms with Crippen molar-refractivity contribution in [3.63, 3.8) is 0 Å². The zero-order valence-electron chi connectivity index (χ0n) is 20.0. The van der Waals surface area contributed by atoms with E-state index in [0.29, 0.717) is 28.6 Å². The fraction of sp³-hybridized carbons (Fsp3) is 0.346. The van der Waals surface area contributed by atoms with Gasteiger partial charge in [0.2, 0.25) is 0 Å². The Morgan fingerprint density at radius 3 is 2.59 bits per heavy atom. The van der Waals surface area contributed by atoms with Gasteiger partial charge in [-0.3, -0.25) is 14.7 Å². The van der Waals surface area contributed by atoms with E-state index in [2.05, 4.69) is 33.7 Å². The van der Waals surface area contributed by atoms with Crippen molar-refractivity contribution in [1.82, 2.24) is 4.90 Å². The van der Waals surface area contributed by atoms with Crippen LogP contribution in [0.5, 0.6) is 11.5 Å². The van der Waals surface area contributed by atoms with Gasteiger partial charge in [-0.05, 0) is 98.8 Å². The van der Waals surface area contributed by atoms with Crippen LogP contribution in [-0.4, -0.2) is 34.7 Å². The molecule has 0 bridgehead atoms. The van der Waals surface area contributed by atoms with E-state index in [4.69, 9.17) is 9.47 Å². The van der Waals surface area contributed by atoms with E-state index < -0.39 is 0 Å². The zero-order chi connectivity index (χ0) is 24.8. The molecule has 1 amide bonds. The van der Waals surface area contributed by atoms with Crippen LogP contribution >= 0.6 is 34.4 Å². The quantitative estimate of drug-likeness (QED) is 0.270. The average Bonchev–Trinajstić information content (AvgIpc) is 3.07. The molecule has 1 saturated heterocycles. The largest absolute Gasteiger partial charge is 0.490 e. The van der Waals surface area contributed by atoms with E-state index in [1.807, 2.05) is 71.0 Å². The number of thioether (sulfide) groups is 1. The first-order valence-corrected chi connectivity index (χ1v) is 13.0. The predicted octanol–water partition coefficient (Wildman–Crippen LogP) is 6.23. The van der Waals surface area contributed by atoms with Crippen molar-refractivity contribution in [2.75, 3.05) is 6.61 Å². The number of nitriles is 1. The minimum Gasteiger partial charge on any atom is -0.490 e. The zero-order valence-corrected chi connectivity index (χ0v) is 22.9. The van der Waals surface area contributed by atoms with Gasteiger partial charge in [0, 0.05) is 17.6 Å². The summed E-state index contributed by atoms with van der Waals surface area (Å²) in [6.07, 6.45) is 1.88. The van der Waals surface area contributed by atoms with Crippen LogP contribution in [-0.2, 0) is 11.4 Å². The Morgan fingerprint density at radius 1 is 1.21 bits per heavy atom. The van der Waals surface area contributed by atoms with Crippen LogP contribution in [0.4, 0.5) is 0 Å². The van der Waals surface area contributed by atoms with Crippen LogP contribution in [0.1, 0.15) is 51.3 Å². The van der Waals surface area contributed by atoms with E-state index in [1.54, 1.807) is 11.0 Å². The number of aliphatic imine (C=N–C) groups is 1. The maximum absolute atomic E-state index is 13.1. The molecule has 2 aromatic carbocycles. The minimum atomic E-state index is -0.0409. The minimum absolute atomic E-state index is 0.0228. The average molecular weight is 589 g/mol. The number of halogens is 1. The maximum atomic E-state index is 13.1. The third-order valence-electron chi connectivity index (χ3n) is 4.86. The molecule has 0 aliphatic carbocycles. The number of ether oxygens (including phenoxy) is 2. The molecule has 2 aromatic rings. The smallest absolute Gasteiger partial charge is 0.266 e. The van der Waals surface area contributed by atoms with Crippen molar-refractivity contribution >= 4 is 51.5 Å². The third kappa shape index (κ3) is 6.13. The Kier molecular flexibility index (Phi) is 9.03. The molecular weight excluding hydrogens is 561 g/mol. The van der Waals surface area contributed by atoms with Crippen molar-refractivity contribution in [3.05, 3.63) is 61.6 Å². The molecule has 1 fully saturated rings. The summed E-state index contributed by atoms with van der Waals surface area (Å²) in [4.78, 5) is 20.1. The van der Waals surface area contributed by atoms with Crippen molar-refractivity contribution in [3.8, 4) is 17.6 Å². The van der Waals surface area contributed by atoms with Gasteiger partial charge in [-0.1, -0.05) is 18.2 Å². The van der Waals surface area contributed by atoms with E-state index >= 15 is 0 Å². The van der Waals surface area contributed by atoms with Gasteiger partial charge in [0.15, 0.2) is 16.7 Å². The summed E-state index contributed by atoms with van der Waals surface area (Å²) in [5.74, 6) is 1.18. The first-order chi connectivity index (χ1) is 16.2. The van der Waals surface area contributed by atoms with E-state index in [0.717, 1.165) is 19.9 Å². The molecule has 0 radical (unpaired) electrons. The number of hydrogen-bond donors (Lipinski definition) is 0. The fourth-order valence-electron chi connectivity index (χ4n) is 3.38. The molecule has 3 rings (SSSR count). The second kappa shape index (κ2) is 11.8. The number of hydrogen-bond acceptors (Lipinski definition) is 6. The highest BCUT2D eigenvalue weighted by molar-refractivity contribution is 14.1. The monoisotopic (exact) mass is 589 g/mol. The summed E-state index contributed by atoms with van der Waals surface area (Å²) < 4.78 is 12.8. The van der Waals surface area contributed by atoms with Gasteiger partial charge in [0.05, 0.1) is 26.7 Å². The van der Waals surface area contributed by atoms with Crippen LogP contribution in [0.15, 0.2) is 46.3 Å². The van der Waals surface area contributed by atoms with Crippen molar-refractivity contribution in [1.29, 1.82) is 5.26 Å². The van der Waals surface area contributed by atoms with Crippen molar-refractivity contribution < 1.29 is 14.3 Å². The first kappa shape index (κ1) is 26.1. The Balaban J connectivity index is 1.93. The molecule has 178 valence electrons. The number of benzene rings is 2. The molecule has 0 N–H and O–H groups in total. The van der Waals surface area contributed by atoms with Gasteiger partial charge < -0.3 is 9.47 Å². The van der Waals surface area contributed by atoms with E-state index in [-0.39, 0.29) is 24.6 Å². The molecule has 8 heteroatoms. The number of carbonyl (C=O) groups is 1. The van der Waals surface area contributed by atoms with Gasteiger partial charge in [-0.2, -0.15) is 5.26 Å². The lowest BCUT2D eigenvalue weighted by Crippen LogP contribution is -2.35. The van der Waals surface area contributed by atoms with Crippen LogP contribution in [0.3, 0.4) is 0 Å². The number of nitrogens with zero attached hydrogens (tertiary/aromatic N) is 3. The Labute approximate surface area is 219 Å². The summed E-state index contributed by atoms with van der Waals surface area (Å²) in [5.41, 5.74) is 2.25. The Hall–Kier alpha value is -2.51. The van der Waals surface area contributed by atoms with Crippen LogP contribution in [0, 0.1) is 14.9 Å². The summed E-state index contributed by atoms with van der Waals surface area (Å²) >= 11 is 3.62. The highest BCUT2D eigenvalue weighted by Crippen LogP contribution is 2.38. The Bertz CT molecular complexity index is 1170. The first-order valence-electron chi connectivity index (χ1n) is 11.1. The predicted molar refractivity (Wildman–Crippen MR) is 146 cm³/mol. The highest BCUT2D eigenvalue weighted by Gasteiger charge is 2.35. The standard InChI is InChI=1S/C26H28IN3O3S/c1-6-32-22-12-18(13-23-25(31)30(17(4)5)26(34-23)29-16(2)3)11-21(27)24(22)33-15-20-10-8-7-9-19(20)14-28/h7-13,16-17H,6,15H2,1-5H3/b23-13+,29-26?. The topological polar surface area (TPSA) is 74.9 Å². The molecule has 34 heavy (non-hydrogen) atoms. The molecule has 6 nitrogen and oxygen atoms in total. The van der Waals surface area contributed by atoms with Gasteiger partial charge in [-0.15, -0.1) is 0 Å². The second-order valence-corrected chi connectivity index (χ2v) is 10.4. The molecule has 0 saturated carbocycles. The van der Waals surface area contributed by atoms with Gasteiger partial charge >= 0.3 is 0 Å². The fourth-order valence-corrected chi connectivity index (χ4v) is 5.40. The second-order valence-electron chi connectivity index (χ2n) is 8.21. The van der Waals surface area contributed by atoms with E-state index in [1.165, 1.54) is 11.8 Å². The molecule has 1 heterocycles. The summed E-state index contributed by atoms with van der Waals surface area (Å²) in [5, 5.41) is 10.1. The highest BCUT2D eigenvalue weighted by atomic mass is 127. The molecule has 0 spiro atoms. The molecule has 0 atom stereocenters. The number of carbonyl (C=O) groups excluding carboxylic acids is 1. The van der Waals surface area contributed by atoms with Gasteiger partial charge in [0.1, 0.15) is 6.61 Å². The summed E-state index contributed by atoms with van der Waals surface area (Å²) in [7, 11) is 0. The van der Waals surface area contributed by atoms with Crippen LogP contribution < -0.4 is 9.47 Å². The van der Waals surface area contributed by atoms with Crippen molar-refractivity contribution in [2.24, 2.45) is 4.99 Å². The lowest BCUT2D eigenvalue weighted by Gasteiger charge is -2.20. The van der Waals surface area contributed by atoms with Gasteiger partial charge in [0.25, 0.3) is 5.91 Å². The summed E-state index contributed by atoms with van der Waals surface area (Å²) in [6, 6.07) is 13.5. The summed E-state index contributed by atoms with van der Waals surface area (Å²) in [6.45, 7) is 10.6. The normalized spacial score (nSPS) is 16.1. The molecular formula is C26H28IN3O3S. The van der Waals surface area contributed by atoms with Crippen LogP contribution in [0.25, 0.3) is 6.08 Å². The lowest BCUT2D eigenvalue weighted by molar-refractivity contribution is -0.123. The third-order valence-corrected chi connectivity index (χ3v) is 6.66. The number of amides is 1. The number of amidine groups is 1. The molecule has 1 aliphatic rings. The van der Waals surface area contributed by atoms with Gasteiger partial charge in [-0.25, -0.2) is 0 Å². The Morgan fingerprint density at radius 2 is 1.94 bits per heavy atom. The number of rotatable bonds is 8. The van der Waals surface area contributed by atoms with Crippen molar-refractivity contribution in [2.45, 2.75) is 53.3 Å². The molecule has 0 aromatic heterocycles. The van der Waals surface area contributed by atoms with Crippen LogP contribution in [0.2, 0.25) is 0 Å². The lowest BCUT2D eigenvalue weighted by atomic mass is 10.1. The maximum Gasteiger partial charge on any atom is 0.266 e. The molecule has 0 unspecified atom stereocenters.